The number of piperidine rings is 1. The third kappa shape index (κ3) is 3.23. The van der Waals surface area contributed by atoms with E-state index in [0.29, 0.717) is 12.8 Å². The Balaban J connectivity index is 1.81. The second-order valence-electron chi connectivity index (χ2n) is 5.24. The lowest BCUT2D eigenvalue weighted by atomic mass is 9.92. The molecule has 1 aliphatic heterocycles. The van der Waals surface area contributed by atoms with Crippen molar-refractivity contribution >= 4 is 5.91 Å². The number of nitrogens with two attached hydrogens (primary N) is 1. The van der Waals surface area contributed by atoms with E-state index in [2.05, 4.69) is 5.32 Å². The van der Waals surface area contributed by atoms with Crippen LogP contribution in [0.5, 0.6) is 11.5 Å². The second-order valence-corrected chi connectivity index (χ2v) is 5.24. The Morgan fingerprint density at radius 1 is 1.05 bits per heavy atom. The number of ether oxygens (including phenoxy) is 1. The Bertz CT molecular complexity index is 628. The van der Waals surface area contributed by atoms with Crippen molar-refractivity contribution in [3.8, 4) is 11.5 Å². The molecule has 0 saturated carbocycles. The van der Waals surface area contributed by atoms with Crippen molar-refractivity contribution in [3.63, 3.8) is 0 Å². The summed E-state index contributed by atoms with van der Waals surface area (Å²) in [4.78, 5) is 11.6. The highest BCUT2D eigenvalue weighted by molar-refractivity contribution is 5.77. The maximum absolute atomic E-state index is 11.6. The molecule has 1 saturated heterocycles. The van der Waals surface area contributed by atoms with Crippen LogP contribution >= 0.6 is 0 Å². The van der Waals surface area contributed by atoms with Gasteiger partial charge in [0.25, 0.3) is 0 Å². The minimum Gasteiger partial charge on any atom is -0.457 e. The minimum absolute atomic E-state index is 0.0519. The fraction of sp³-hybridized carbons (Fsp3) is 0.235. The molecule has 0 radical (unpaired) electrons. The number of carbonyl (C=O) groups is 1. The van der Waals surface area contributed by atoms with E-state index in [-0.39, 0.29) is 18.0 Å². The first-order valence-electron chi connectivity index (χ1n) is 7.10. The fourth-order valence-corrected chi connectivity index (χ4v) is 2.54. The molecular weight excluding hydrogens is 264 g/mol. The van der Waals surface area contributed by atoms with Crippen LogP contribution in [0.15, 0.2) is 54.6 Å². The molecule has 3 rings (SSSR count). The first kappa shape index (κ1) is 13.6. The zero-order chi connectivity index (χ0) is 14.7. The zero-order valence-corrected chi connectivity index (χ0v) is 11.7. The maximum Gasteiger partial charge on any atom is 0.220 e. The van der Waals surface area contributed by atoms with Gasteiger partial charge in [-0.1, -0.05) is 30.3 Å². The van der Waals surface area contributed by atoms with E-state index >= 15 is 0 Å². The first-order chi connectivity index (χ1) is 10.2. The standard InChI is InChI=1S/C17H18N2O2/c18-15-9-10-16(20)19-17(15)12-5-4-8-14(11-12)21-13-6-2-1-3-7-13/h1-8,11,15,17H,9-10,18H2,(H,19,20). The van der Waals surface area contributed by atoms with E-state index in [1.54, 1.807) is 0 Å². The van der Waals surface area contributed by atoms with Crippen LogP contribution in [0, 0.1) is 0 Å². The van der Waals surface area contributed by atoms with Gasteiger partial charge < -0.3 is 15.8 Å². The van der Waals surface area contributed by atoms with Gasteiger partial charge in [0.1, 0.15) is 11.5 Å². The molecule has 0 aliphatic carbocycles. The van der Waals surface area contributed by atoms with Gasteiger partial charge in [-0.2, -0.15) is 0 Å². The lowest BCUT2D eigenvalue weighted by molar-refractivity contribution is -0.123. The minimum atomic E-state index is -0.148. The van der Waals surface area contributed by atoms with Gasteiger partial charge in [-0.15, -0.1) is 0 Å². The van der Waals surface area contributed by atoms with E-state index < -0.39 is 0 Å². The third-order valence-corrected chi connectivity index (χ3v) is 3.65. The summed E-state index contributed by atoms with van der Waals surface area (Å²) in [6.07, 6.45) is 1.21. The molecule has 2 aromatic rings. The van der Waals surface area contributed by atoms with Gasteiger partial charge in [-0.3, -0.25) is 4.79 Å². The van der Waals surface area contributed by atoms with E-state index in [1.807, 2.05) is 54.6 Å². The molecular formula is C17H18N2O2. The van der Waals surface area contributed by atoms with Gasteiger partial charge in [0.15, 0.2) is 0 Å². The van der Waals surface area contributed by atoms with E-state index in [0.717, 1.165) is 17.1 Å². The largest absolute Gasteiger partial charge is 0.457 e. The Kier molecular flexibility index (Phi) is 3.88. The monoisotopic (exact) mass is 282 g/mol. The van der Waals surface area contributed by atoms with Crippen molar-refractivity contribution in [2.75, 3.05) is 0 Å². The SMILES string of the molecule is NC1CCC(=O)NC1c1cccc(Oc2ccccc2)c1. The highest BCUT2D eigenvalue weighted by Gasteiger charge is 2.27. The van der Waals surface area contributed by atoms with Crippen LogP contribution < -0.4 is 15.8 Å². The lowest BCUT2D eigenvalue weighted by Crippen LogP contribution is -2.45. The fourth-order valence-electron chi connectivity index (χ4n) is 2.54. The maximum atomic E-state index is 11.6. The van der Waals surface area contributed by atoms with Crippen LogP contribution in [-0.2, 0) is 4.79 Å². The van der Waals surface area contributed by atoms with E-state index in [9.17, 15) is 4.79 Å². The Labute approximate surface area is 123 Å². The predicted octanol–water partition coefficient (Wildman–Crippen LogP) is 2.76. The second kappa shape index (κ2) is 5.97. The molecule has 1 fully saturated rings. The van der Waals surface area contributed by atoms with Crippen molar-refractivity contribution in [2.45, 2.75) is 24.9 Å². The Hall–Kier alpha value is -2.33. The molecule has 0 spiro atoms. The molecule has 108 valence electrons. The molecule has 2 aromatic carbocycles. The number of carbonyl (C=O) groups excluding carboxylic acids is 1. The van der Waals surface area contributed by atoms with Crippen molar-refractivity contribution in [1.29, 1.82) is 0 Å². The van der Waals surface area contributed by atoms with Gasteiger partial charge in [0.2, 0.25) is 5.91 Å². The molecule has 0 aromatic heterocycles. The number of nitrogens with one attached hydrogen (secondary N) is 1. The molecule has 2 atom stereocenters. The van der Waals surface area contributed by atoms with Crippen LogP contribution in [0.1, 0.15) is 24.4 Å². The van der Waals surface area contributed by atoms with Gasteiger partial charge >= 0.3 is 0 Å². The van der Waals surface area contributed by atoms with Crippen molar-refractivity contribution in [3.05, 3.63) is 60.2 Å². The summed E-state index contributed by atoms with van der Waals surface area (Å²) in [6.45, 7) is 0. The van der Waals surface area contributed by atoms with Crippen LogP contribution in [0.25, 0.3) is 0 Å². The molecule has 1 aliphatic rings. The molecule has 21 heavy (non-hydrogen) atoms. The lowest BCUT2D eigenvalue weighted by Gasteiger charge is -2.30. The predicted molar refractivity (Wildman–Crippen MR) is 81.1 cm³/mol. The Morgan fingerprint density at radius 2 is 1.81 bits per heavy atom. The average Bonchev–Trinajstić information content (AvgIpc) is 2.51. The van der Waals surface area contributed by atoms with Crippen LogP contribution in [0.3, 0.4) is 0 Å². The molecule has 1 amide bonds. The highest BCUT2D eigenvalue weighted by atomic mass is 16.5. The summed E-state index contributed by atoms with van der Waals surface area (Å²) < 4.78 is 5.82. The summed E-state index contributed by atoms with van der Waals surface area (Å²) in [5.41, 5.74) is 7.10. The number of hydrogen-bond acceptors (Lipinski definition) is 3. The van der Waals surface area contributed by atoms with E-state index in [1.165, 1.54) is 0 Å². The summed E-state index contributed by atoms with van der Waals surface area (Å²) in [5.74, 6) is 1.58. The summed E-state index contributed by atoms with van der Waals surface area (Å²) >= 11 is 0. The quantitative estimate of drug-likeness (QED) is 0.909. The van der Waals surface area contributed by atoms with Crippen LogP contribution in [0.4, 0.5) is 0 Å². The highest BCUT2D eigenvalue weighted by Crippen LogP contribution is 2.28. The van der Waals surface area contributed by atoms with Crippen molar-refractivity contribution < 1.29 is 9.53 Å². The molecule has 2 unspecified atom stereocenters. The van der Waals surface area contributed by atoms with E-state index in [4.69, 9.17) is 10.5 Å². The first-order valence-corrected chi connectivity index (χ1v) is 7.10. The normalized spacial score (nSPS) is 21.7. The molecule has 4 nitrogen and oxygen atoms in total. The number of amides is 1. The molecule has 1 heterocycles. The smallest absolute Gasteiger partial charge is 0.220 e. The summed E-state index contributed by atoms with van der Waals surface area (Å²) in [6, 6.07) is 17.1. The molecule has 3 N–H and O–H groups in total. The van der Waals surface area contributed by atoms with Gasteiger partial charge in [-0.25, -0.2) is 0 Å². The van der Waals surface area contributed by atoms with Gasteiger partial charge in [0, 0.05) is 12.5 Å². The average molecular weight is 282 g/mol. The van der Waals surface area contributed by atoms with Crippen LogP contribution in [-0.4, -0.2) is 11.9 Å². The molecule has 4 heteroatoms. The van der Waals surface area contributed by atoms with Gasteiger partial charge in [0.05, 0.1) is 6.04 Å². The number of hydrogen-bond donors (Lipinski definition) is 2. The van der Waals surface area contributed by atoms with Gasteiger partial charge in [-0.05, 0) is 36.2 Å². The zero-order valence-electron chi connectivity index (χ0n) is 11.7. The topological polar surface area (TPSA) is 64.4 Å². The van der Waals surface area contributed by atoms with Crippen LogP contribution in [0.2, 0.25) is 0 Å². The summed E-state index contributed by atoms with van der Waals surface area (Å²) in [5, 5.41) is 2.95. The number of benzene rings is 2. The number of para-hydroxylation sites is 1. The Morgan fingerprint density at radius 3 is 2.62 bits per heavy atom. The molecule has 0 bridgehead atoms. The van der Waals surface area contributed by atoms with Crippen molar-refractivity contribution in [1.82, 2.24) is 5.32 Å². The number of rotatable bonds is 3. The third-order valence-electron chi connectivity index (χ3n) is 3.65. The summed E-state index contributed by atoms with van der Waals surface area (Å²) in [7, 11) is 0. The van der Waals surface area contributed by atoms with Crippen molar-refractivity contribution in [2.24, 2.45) is 5.73 Å².